The Morgan fingerprint density at radius 2 is 2.45 bits per heavy atom. The molecule has 1 unspecified atom stereocenters. The number of aromatic nitrogens is 2. The van der Waals surface area contributed by atoms with Crippen LogP contribution >= 0.6 is 11.3 Å². The maximum atomic E-state index is 12.5. The van der Waals surface area contributed by atoms with Gasteiger partial charge in [-0.15, -0.1) is 11.3 Å². The van der Waals surface area contributed by atoms with Gasteiger partial charge < -0.3 is 10.2 Å². The van der Waals surface area contributed by atoms with E-state index in [2.05, 4.69) is 15.3 Å². The highest BCUT2D eigenvalue weighted by atomic mass is 32.1. The van der Waals surface area contributed by atoms with Crippen molar-refractivity contribution in [3.8, 4) is 10.6 Å². The smallest absolute Gasteiger partial charge is 0.228 e. The number of hydrogen-bond donors (Lipinski definition) is 1. The van der Waals surface area contributed by atoms with Crippen LogP contribution in [0.15, 0.2) is 29.9 Å². The van der Waals surface area contributed by atoms with E-state index in [0.717, 1.165) is 42.2 Å². The number of thiazole rings is 1. The van der Waals surface area contributed by atoms with E-state index < -0.39 is 0 Å². The van der Waals surface area contributed by atoms with Crippen LogP contribution in [0.1, 0.15) is 18.5 Å². The summed E-state index contributed by atoms with van der Waals surface area (Å²) in [7, 11) is 1.93. The largest absolute Gasteiger partial charge is 0.338 e. The highest BCUT2D eigenvalue weighted by Crippen LogP contribution is 2.24. The standard InChI is InChI=1S/C16H20N4OS/c1-17-10-14-5-3-7-20(14)15(21)8-13-11-22-16(19-13)12-4-2-6-18-9-12/h2,4,6,9,11,14,17H,3,5,7-8,10H2,1H3. The van der Waals surface area contributed by atoms with E-state index in [-0.39, 0.29) is 5.91 Å². The zero-order chi connectivity index (χ0) is 15.4. The molecule has 1 aliphatic rings. The molecule has 0 aromatic carbocycles. The summed E-state index contributed by atoms with van der Waals surface area (Å²) in [6.45, 7) is 1.73. The van der Waals surface area contributed by atoms with E-state index in [1.54, 1.807) is 23.7 Å². The topological polar surface area (TPSA) is 58.1 Å². The Bertz CT molecular complexity index is 628. The van der Waals surface area contributed by atoms with Crippen molar-refractivity contribution >= 4 is 17.2 Å². The van der Waals surface area contributed by atoms with E-state index in [0.29, 0.717) is 12.5 Å². The molecule has 2 aromatic rings. The second-order valence-electron chi connectivity index (χ2n) is 5.50. The second-order valence-corrected chi connectivity index (χ2v) is 6.36. The summed E-state index contributed by atoms with van der Waals surface area (Å²) in [6.07, 6.45) is 6.11. The fourth-order valence-electron chi connectivity index (χ4n) is 2.88. The molecule has 1 atom stereocenters. The summed E-state index contributed by atoms with van der Waals surface area (Å²) in [5.41, 5.74) is 1.85. The quantitative estimate of drug-likeness (QED) is 0.916. The first-order chi connectivity index (χ1) is 10.8. The average molecular weight is 316 g/mol. The van der Waals surface area contributed by atoms with Crippen LogP contribution in [0.25, 0.3) is 10.6 Å². The molecule has 0 radical (unpaired) electrons. The second kappa shape index (κ2) is 6.98. The molecule has 0 aliphatic carbocycles. The highest BCUT2D eigenvalue weighted by molar-refractivity contribution is 7.13. The molecule has 0 saturated carbocycles. The van der Waals surface area contributed by atoms with Gasteiger partial charge in [0.1, 0.15) is 5.01 Å². The lowest BCUT2D eigenvalue weighted by atomic mass is 10.2. The lowest BCUT2D eigenvalue weighted by molar-refractivity contribution is -0.131. The Labute approximate surface area is 134 Å². The van der Waals surface area contributed by atoms with Crippen LogP contribution < -0.4 is 5.32 Å². The van der Waals surface area contributed by atoms with Crippen LogP contribution in [-0.4, -0.2) is 47.0 Å². The van der Waals surface area contributed by atoms with Gasteiger partial charge in [0.15, 0.2) is 0 Å². The number of carbonyl (C=O) groups is 1. The first-order valence-electron chi connectivity index (χ1n) is 7.57. The summed E-state index contributed by atoms with van der Waals surface area (Å²) < 4.78 is 0. The summed E-state index contributed by atoms with van der Waals surface area (Å²) in [5.74, 6) is 0.181. The van der Waals surface area contributed by atoms with Crippen molar-refractivity contribution in [3.63, 3.8) is 0 Å². The normalized spacial score (nSPS) is 17.9. The van der Waals surface area contributed by atoms with Crippen LogP contribution in [-0.2, 0) is 11.2 Å². The maximum Gasteiger partial charge on any atom is 0.228 e. The van der Waals surface area contributed by atoms with Crippen molar-refractivity contribution in [3.05, 3.63) is 35.6 Å². The predicted octanol–water partition coefficient (Wildman–Crippen LogP) is 1.96. The molecule has 1 saturated heterocycles. The predicted molar refractivity (Wildman–Crippen MR) is 87.7 cm³/mol. The van der Waals surface area contributed by atoms with Gasteiger partial charge in [0.2, 0.25) is 5.91 Å². The monoisotopic (exact) mass is 316 g/mol. The molecular formula is C16H20N4OS. The Morgan fingerprint density at radius 1 is 1.55 bits per heavy atom. The Morgan fingerprint density at radius 3 is 3.23 bits per heavy atom. The first kappa shape index (κ1) is 15.1. The van der Waals surface area contributed by atoms with Crippen molar-refractivity contribution in [1.82, 2.24) is 20.2 Å². The molecule has 0 spiro atoms. The van der Waals surface area contributed by atoms with Gasteiger partial charge in [-0.05, 0) is 32.0 Å². The zero-order valence-electron chi connectivity index (χ0n) is 12.7. The van der Waals surface area contributed by atoms with Gasteiger partial charge in [-0.2, -0.15) is 0 Å². The molecular weight excluding hydrogens is 296 g/mol. The van der Waals surface area contributed by atoms with Crippen LogP contribution in [0.2, 0.25) is 0 Å². The van der Waals surface area contributed by atoms with Crippen molar-refractivity contribution < 1.29 is 4.79 Å². The Hall–Kier alpha value is -1.79. The van der Waals surface area contributed by atoms with Crippen molar-refractivity contribution in [1.29, 1.82) is 0 Å². The molecule has 22 heavy (non-hydrogen) atoms. The highest BCUT2D eigenvalue weighted by Gasteiger charge is 2.28. The summed E-state index contributed by atoms with van der Waals surface area (Å²) in [5, 5.41) is 6.07. The molecule has 2 aromatic heterocycles. The summed E-state index contributed by atoms with van der Waals surface area (Å²) in [4.78, 5) is 23.2. The van der Waals surface area contributed by atoms with Crippen LogP contribution in [0.5, 0.6) is 0 Å². The maximum absolute atomic E-state index is 12.5. The summed E-state index contributed by atoms with van der Waals surface area (Å²) in [6, 6.07) is 4.21. The number of amides is 1. The number of pyridine rings is 1. The van der Waals surface area contributed by atoms with Crippen molar-refractivity contribution in [2.75, 3.05) is 20.1 Å². The minimum absolute atomic E-state index is 0.181. The van der Waals surface area contributed by atoms with Gasteiger partial charge in [0.25, 0.3) is 0 Å². The molecule has 1 aliphatic heterocycles. The van der Waals surface area contributed by atoms with E-state index >= 15 is 0 Å². The molecule has 1 N–H and O–H groups in total. The van der Waals surface area contributed by atoms with E-state index in [1.165, 1.54) is 0 Å². The minimum Gasteiger partial charge on any atom is -0.338 e. The van der Waals surface area contributed by atoms with Crippen molar-refractivity contribution in [2.45, 2.75) is 25.3 Å². The minimum atomic E-state index is 0.181. The van der Waals surface area contributed by atoms with Gasteiger partial charge in [-0.1, -0.05) is 0 Å². The molecule has 0 bridgehead atoms. The van der Waals surface area contributed by atoms with Crippen LogP contribution in [0.3, 0.4) is 0 Å². The van der Waals surface area contributed by atoms with Gasteiger partial charge in [-0.25, -0.2) is 4.98 Å². The lowest BCUT2D eigenvalue weighted by Gasteiger charge is -2.24. The van der Waals surface area contributed by atoms with Gasteiger partial charge in [0, 0.05) is 42.5 Å². The number of carbonyl (C=O) groups excluding carboxylic acids is 1. The lowest BCUT2D eigenvalue weighted by Crippen LogP contribution is -2.41. The third-order valence-electron chi connectivity index (χ3n) is 3.93. The van der Waals surface area contributed by atoms with Gasteiger partial charge >= 0.3 is 0 Å². The fraction of sp³-hybridized carbons (Fsp3) is 0.438. The molecule has 116 valence electrons. The molecule has 3 heterocycles. The van der Waals surface area contributed by atoms with Crippen LogP contribution in [0, 0.1) is 0 Å². The van der Waals surface area contributed by atoms with Gasteiger partial charge in [0.05, 0.1) is 12.1 Å². The summed E-state index contributed by atoms with van der Waals surface area (Å²) >= 11 is 1.56. The van der Waals surface area contributed by atoms with E-state index in [9.17, 15) is 4.79 Å². The zero-order valence-corrected chi connectivity index (χ0v) is 13.5. The average Bonchev–Trinajstić information content (AvgIpc) is 3.18. The number of hydrogen-bond acceptors (Lipinski definition) is 5. The number of likely N-dealkylation sites (tertiary alicyclic amines) is 1. The number of likely N-dealkylation sites (N-methyl/N-ethyl adjacent to an activating group) is 1. The van der Waals surface area contributed by atoms with Gasteiger partial charge in [-0.3, -0.25) is 9.78 Å². The SMILES string of the molecule is CNCC1CCCN1C(=O)Cc1csc(-c2cccnc2)n1. The number of rotatable bonds is 5. The van der Waals surface area contributed by atoms with Crippen LogP contribution in [0.4, 0.5) is 0 Å². The Balaban J connectivity index is 1.66. The number of nitrogens with one attached hydrogen (secondary N) is 1. The Kier molecular flexibility index (Phi) is 4.80. The molecule has 1 fully saturated rings. The first-order valence-corrected chi connectivity index (χ1v) is 8.45. The number of nitrogens with zero attached hydrogens (tertiary/aromatic N) is 3. The van der Waals surface area contributed by atoms with E-state index in [1.807, 2.05) is 29.5 Å². The molecule has 3 rings (SSSR count). The van der Waals surface area contributed by atoms with Crippen molar-refractivity contribution in [2.24, 2.45) is 0 Å². The van der Waals surface area contributed by atoms with E-state index in [4.69, 9.17) is 0 Å². The molecule has 6 heteroatoms. The third kappa shape index (κ3) is 3.34. The molecule has 5 nitrogen and oxygen atoms in total. The third-order valence-corrected chi connectivity index (χ3v) is 4.87. The fourth-order valence-corrected chi connectivity index (χ4v) is 3.69. The molecule has 1 amide bonds.